The second-order valence-electron chi connectivity index (χ2n) is 6.55. The van der Waals surface area contributed by atoms with E-state index in [2.05, 4.69) is 15.4 Å². The summed E-state index contributed by atoms with van der Waals surface area (Å²) in [4.78, 5) is 23.8. The summed E-state index contributed by atoms with van der Waals surface area (Å²) in [6.07, 6.45) is 0. The number of rotatable bonds is 7. The number of para-hydroxylation sites is 2. The van der Waals surface area contributed by atoms with Crippen LogP contribution in [0.15, 0.2) is 77.7 Å². The van der Waals surface area contributed by atoms with Gasteiger partial charge in [-0.05, 0) is 48.5 Å². The molecule has 0 aromatic heterocycles. The lowest BCUT2D eigenvalue weighted by Gasteiger charge is -2.13. The number of carbonyl (C=O) groups is 2. The van der Waals surface area contributed by atoms with E-state index in [1.165, 1.54) is 38.3 Å². The highest BCUT2D eigenvalue weighted by Gasteiger charge is 2.17. The fraction of sp³-hybridized carbons (Fsp3) is 0.0909. The molecule has 0 saturated carbocycles. The second kappa shape index (κ2) is 9.31. The standard InChI is InChI=1S/C22H21N3O5S/c1-15(26)23-17-8-5-7-16(13-17)22(27)24-18-9-6-10-19(14-18)31(28,29)25-20-11-3-4-12-21(20)30-2/h3-14,25H,1-2H3,(H,23,26)(H,24,27). The normalized spacial score (nSPS) is 10.8. The van der Waals surface area contributed by atoms with Crippen molar-refractivity contribution >= 4 is 38.9 Å². The molecule has 2 amide bonds. The van der Waals surface area contributed by atoms with Crippen LogP contribution in [0.3, 0.4) is 0 Å². The molecule has 0 fully saturated rings. The van der Waals surface area contributed by atoms with Crippen LogP contribution in [0.5, 0.6) is 5.75 Å². The molecule has 3 N–H and O–H groups in total. The van der Waals surface area contributed by atoms with Crippen molar-refractivity contribution in [2.75, 3.05) is 22.5 Å². The maximum Gasteiger partial charge on any atom is 0.262 e. The summed E-state index contributed by atoms with van der Waals surface area (Å²) in [5, 5.41) is 5.28. The van der Waals surface area contributed by atoms with E-state index in [4.69, 9.17) is 4.74 Å². The van der Waals surface area contributed by atoms with Crippen LogP contribution in [0.2, 0.25) is 0 Å². The average Bonchev–Trinajstić information content (AvgIpc) is 2.74. The minimum Gasteiger partial charge on any atom is -0.495 e. The number of anilines is 3. The molecule has 31 heavy (non-hydrogen) atoms. The van der Waals surface area contributed by atoms with Crippen molar-refractivity contribution in [2.45, 2.75) is 11.8 Å². The number of ether oxygens (including phenoxy) is 1. The molecule has 0 spiro atoms. The molecule has 3 aromatic carbocycles. The van der Waals surface area contributed by atoms with E-state index in [1.807, 2.05) is 0 Å². The lowest BCUT2D eigenvalue weighted by atomic mass is 10.2. The Morgan fingerprint density at radius 3 is 2.23 bits per heavy atom. The van der Waals surface area contributed by atoms with E-state index in [0.717, 1.165) is 0 Å². The summed E-state index contributed by atoms with van der Waals surface area (Å²) < 4.78 is 33.3. The minimum atomic E-state index is -3.92. The third kappa shape index (κ3) is 5.61. The molecule has 0 atom stereocenters. The topological polar surface area (TPSA) is 114 Å². The van der Waals surface area contributed by atoms with Gasteiger partial charge in [-0.1, -0.05) is 24.3 Å². The monoisotopic (exact) mass is 439 g/mol. The molecule has 0 aliphatic carbocycles. The van der Waals surface area contributed by atoms with E-state index < -0.39 is 15.9 Å². The van der Waals surface area contributed by atoms with Crippen LogP contribution in [-0.4, -0.2) is 27.3 Å². The number of hydrogen-bond donors (Lipinski definition) is 3. The molecule has 160 valence electrons. The van der Waals surface area contributed by atoms with Crippen LogP contribution in [-0.2, 0) is 14.8 Å². The van der Waals surface area contributed by atoms with Gasteiger partial charge < -0.3 is 15.4 Å². The highest BCUT2D eigenvalue weighted by molar-refractivity contribution is 7.92. The Morgan fingerprint density at radius 2 is 1.52 bits per heavy atom. The largest absolute Gasteiger partial charge is 0.495 e. The molecule has 0 saturated heterocycles. The van der Waals surface area contributed by atoms with E-state index in [9.17, 15) is 18.0 Å². The Bertz CT molecular complexity index is 1230. The molecule has 0 bridgehead atoms. The zero-order chi connectivity index (χ0) is 22.4. The SMILES string of the molecule is COc1ccccc1NS(=O)(=O)c1cccc(NC(=O)c2cccc(NC(C)=O)c2)c1. The summed E-state index contributed by atoms with van der Waals surface area (Å²) >= 11 is 0. The Kier molecular flexibility index (Phi) is 6.56. The van der Waals surface area contributed by atoms with Gasteiger partial charge in [0, 0.05) is 23.9 Å². The maximum absolute atomic E-state index is 12.8. The lowest BCUT2D eigenvalue weighted by Crippen LogP contribution is -2.15. The van der Waals surface area contributed by atoms with Gasteiger partial charge in [0.2, 0.25) is 5.91 Å². The molecule has 0 unspecified atom stereocenters. The number of amides is 2. The molecule has 0 radical (unpaired) electrons. The molecule has 3 aromatic rings. The van der Waals surface area contributed by atoms with Crippen LogP contribution in [0.4, 0.5) is 17.1 Å². The van der Waals surface area contributed by atoms with E-state index in [-0.39, 0.29) is 10.8 Å². The van der Waals surface area contributed by atoms with Crippen LogP contribution in [0.25, 0.3) is 0 Å². The fourth-order valence-corrected chi connectivity index (χ4v) is 3.93. The summed E-state index contributed by atoms with van der Waals surface area (Å²) in [6, 6.07) is 18.9. The van der Waals surface area contributed by atoms with Crippen molar-refractivity contribution in [2.24, 2.45) is 0 Å². The zero-order valence-corrected chi connectivity index (χ0v) is 17.7. The van der Waals surface area contributed by atoms with Crippen molar-refractivity contribution in [3.63, 3.8) is 0 Å². The predicted molar refractivity (Wildman–Crippen MR) is 119 cm³/mol. The highest BCUT2D eigenvalue weighted by Crippen LogP contribution is 2.27. The quantitative estimate of drug-likeness (QED) is 0.519. The third-order valence-electron chi connectivity index (χ3n) is 4.20. The van der Waals surface area contributed by atoms with Crippen molar-refractivity contribution in [1.29, 1.82) is 0 Å². The Morgan fingerprint density at radius 1 is 0.839 bits per heavy atom. The van der Waals surface area contributed by atoms with Crippen molar-refractivity contribution in [1.82, 2.24) is 0 Å². The summed E-state index contributed by atoms with van der Waals surface area (Å²) in [5.41, 5.74) is 1.40. The second-order valence-corrected chi connectivity index (χ2v) is 8.23. The molecule has 8 nitrogen and oxygen atoms in total. The number of sulfonamides is 1. The zero-order valence-electron chi connectivity index (χ0n) is 16.9. The fourth-order valence-electron chi connectivity index (χ4n) is 2.82. The number of benzene rings is 3. The van der Waals surface area contributed by atoms with Crippen molar-refractivity contribution in [3.05, 3.63) is 78.4 Å². The number of hydrogen-bond acceptors (Lipinski definition) is 5. The van der Waals surface area contributed by atoms with Crippen LogP contribution in [0, 0.1) is 0 Å². The van der Waals surface area contributed by atoms with Gasteiger partial charge in [0.25, 0.3) is 15.9 Å². The minimum absolute atomic E-state index is 0.0248. The first-order valence-corrected chi connectivity index (χ1v) is 10.7. The maximum atomic E-state index is 12.8. The Hall–Kier alpha value is -3.85. The smallest absolute Gasteiger partial charge is 0.262 e. The lowest BCUT2D eigenvalue weighted by molar-refractivity contribution is -0.114. The third-order valence-corrected chi connectivity index (χ3v) is 5.56. The van der Waals surface area contributed by atoms with Gasteiger partial charge in [-0.2, -0.15) is 0 Å². The van der Waals surface area contributed by atoms with E-state index in [0.29, 0.717) is 28.4 Å². The number of methoxy groups -OCH3 is 1. The first-order valence-electron chi connectivity index (χ1n) is 9.23. The van der Waals surface area contributed by atoms with Gasteiger partial charge in [0.1, 0.15) is 5.75 Å². The van der Waals surface area contributed by atoms with E-state index >= 15 is 0 Å². The van der Waals surface area contributed by atoms with Crippen molar-refractivity contribution in [3.8, 4) is 5.75 Å². The van der Waals surface area contributed by atoms with Gasteiger partial charge in [-0.15, -0.1) is 0 Å². The van der Waals surface area contributed by atoms with Gasteiger partial charge in [0.05, 0.1) is 17.7 Å². The molecule has 0 heterocycles. The van der Waals surface area contributed by atoms with E-state index in [1.54, 1.807) is 48.5 Å². The molecular weight excluding hydrogens is 418 g/mol. The van der Waals surface area contributed by atoms with Gasteiger partial charge in [-0.25, -0.2) is 8.42 Å². The molecule has 3 rings (SSSR count). The number of nitrogens with one attached hydrogen (secondary N) is 3. The average molecular weight is 439 g/mol. The first-order chi connectivity index (χ1) is 14.8. The first kappa shape index (κ1) is 21.8. The molecule has 0 aliphatic rings. The predicted octanol–water partition coefficient (Wildman–Crippen LogP) is 3.71. The Labute approximate surface area is 180 Å². The molecule has 9 heteroatoms. The summed E-state index contributed by atoms with van der Waals surface area (Å²) in [6.45, 7) is 1.37. The van der Waals surface area contributed by atoms with Gasteiger partial charge in [-0.3, -0.25) is 14.3 Å². The van der Waals surface area contributed by atoms with Gasteiger partial charge >= 0.3 is 0 Å². The number of carbonyl (C=O) groups excluding carboxylic acids is 2. The summed E-state index contributed by atoms with van der Waals surface area (Å²) in [7, 11) is -2.47. The highest BCUT2D eigenvalue weighted by atomic mass is 32.2. The Balaban J connectivity index is 1.80. The van der Waals surface area contributed by atoms with Crippen molar-refractivity contribution < 1.29 is 22.7 Å². The van der Waals surface area contributed by atoms with Gasteiger partial charge in [0.15, 0.2) is 0 Å². The molecule has 0 aliphatic heterocycles. The summed E-state index contributed by atoms with van der Waals surface area (Å²) in [5.74, 6) is -0.313. The van der Waals surface area contributed by atoms with Crippen LogP contribution >= 0.6 is 0 Å². The van der Waals surface area contributed by atoms with Crippen LogP contribution in [0.1, 0.15) is 17.3 Å². The molecular formula is C22H21N3O5S. The van der Waals surface area contributed by atoms with Crippen LogP contribution < -0.4 is 20.1 Å².